The van der Waals surface area contributed by atoms with Gasteiger partial charge in [-0.25, -0.2) is 5.21 Å². The summed E-state index contributed by atoms with van der Waals surface area (Å²) in [5, 5.41) is 11.5. The zero-order chi connectivity index (χ0) is 13.0. The molecule has 2 atom stereocenters. The molecule has 0 saturated heterocycles. The van der Waals surface area contributed by atoms with Crippen LogP contribution in [0.15, 0.2) is 0 Å². The molecule has 0 aliphatic heterocycles. The summed E-state index contributed by atoms with van der Waals surface area (Å²) in [6.07, 6.45) is 5.34. The molecule has 4 bridgehead atoms. The summed E-state index contributed by atoms with van der Waals surface area (Å²) in [4.78, 5) is 27.3. The van der Waals surface area contributed by atoms with Crippen molar-refractivity contribution in [3.8, 4) is 0 Å². The molecule has 0 spiro atoms. The molecule has 18 heavy (non-hydrogen) atoms. The van der Waals surface area contributed by atoms with Crippen LogP contribution in [-0.2, 0) is 9.63 Å². The Kier molecular flexibility index (Phi) is 2.34. The van der Waals surface area contributed by atoms with E-state index in [2.05, 4.69) is 5.32 Å². The molecule has 100 valence electrons. The number of carbonyl (C=O) groups excluding carboxylic acids is 1. The average molecular weight is 255 g/mol. The molecular formula is C12H19N2O4+. The first kappa shape index (κ1) is 11.7. The molecule has 4 aliphatic carbocycles. The fourth-order valence-electron chi connectivity index (χ4n) is 4.97. The molecule has 0 aromatic carbocycles. The van der Waals surface area contributed by atoms with Gasteiger partial charge in [-0.2, -0.15) is 4.84 Å². The molecule has 2 unspecified atom stereocenters. The van der Waals surface area contributed by atoms with Crippen LogP contribution in [0.3, 0.4) is 0 Å². The summed E-state index contributed by atoms with van der Waals surface area (Å²) in [5.74, 6) is 0.936. The lowest BCUT2D eigenvalue weighted by molar-refractivity contribution is -0.990. The molecular weight excluding hydrogens is 236 g/mol. The van der Waals surface area contributed by atoms with Crippen molar-refractivity contribution in [2.75, 3.05) is 0 Å². The molecule has 0 aromatic heterocycles. The molecule has 4 fully saturated rings. The lowest BCUT2D eigenvalue weighted by Crippen LogP contribution is -2.66. The average Bonchev–Trinajstić information content (AvgIpc) is 2.08. The van der Waals surface area contributed by atoms with Gasteiger partial charge in [-0.05, 0) is 43.9 Å². The van der Waals surface area contributed by atoms with Crippen molar-refractivity contribution in [2.45, 2.75) is 56.6 Å². The maximum absolute atomic E-state index is 11.4. The number of carbonyl (C=O) groups is 1. The second-order valence-corrected chi connectivity index (χ2v) is 6.43. The number of amides is 1. The highest BCUT2D eigenvalue weighted by Crippen LogP contribution is 2.58. The number of hydrogen-bond acceptors (Lipinski definition) is 3. The maximum atomic E-state index is 11.4. The Morgan fingerprint density at radius 3 is 2.44 bits per heavy atom. The van der Waals surface area contributed by atoms with E-state index >= 15 is 0 Å². The fourth-order valence-corrected chi connectivity index (χ4v) is 4.97. The Hall–Kier alpha value is -1.33. The van der Waals surface area contributed by atoms with Crippen LogP contribution in [-0.4, -0.2) is 27.3 Å². The quantitative estimate of drug-likeness (QED) is 0.745. The highest BCUT2D eigenvalue weighted by atomic mass is 17.0. The molecule has 4 rings (SSSR count). The van der Waals surface area contributed by atoms with Gasteiger partial charge in [0.25, 0.3) is 0 Å². The number of nitrogens with zero attached hydrogens (tertiary/aromatic N) is 1. The summed E-state index contributed by atoms with van der Waals surface area (Å²) in [5.41, 5.74) is -0.811. The topological polar surface area (TPSA) is 78.6 Å². The van der Waals surface area contributed by atoms with E-state index in [0.29, 0.717) is 18.3 Å². The molecule has 0 heterocycles. The third kappa shape index (κ3) is 1.83. The van der Waals surface area contributed by atoms with Crippen molar-refractivity contribution >= 4 is 5.91 Å². The molecule has 0 aromatic rings. The first-order valence-electron chi connectivity index (χ1n) is 6.54. The van der Waals surface area contributed by atoms with E-state index < -0.39 is 10.7 Å². The highest BCUT2D eigenvalue weighted by molar-refractivity contribution is 5.74. The van der Waals surface area contributed by atoms with Crippen molar-refractivity contribution < 1.29 is 19.9 Å². The molecule has 0 radical (unpaired) electrons. The first-order valence-corrected chi connectivity index (χ1v) is 6.54. The lowest BCUT2D eigenvalue weighted by Gasteiger charge is -2.58. The van der Waals surface area contributed by atoms with E-state index in [0.717, 1.165) is 32.1 Å². The van der Waals surface area contributed by atoms with E-state index in [9.17, 15) is 9.70 Å². The third-order valence-electron chi connectivity index (χ3n) is 4.72. The summed E-state index contributed by atoms with van der Waals surface area (Å²) in [7, 11) is 0. The van der Waals surface area contributed by atoms with E-state index in [1.165, 1.54) is 6.92 Å². The van der Waals surface area contributed by atoms with Gasteiger partial charge in [-0.3, -0.25) is 4.79 Å². The monoisotopic (exact) mass is 255 g/mol. The van der Waals surface area contributed by atoms with Gasteiger partial charge in [0, 0.05) is 18.9 Å². The van der Waals surface area contributed by atoms with Gasteiger partial charge in [0.1, 0.15) is 4.91 Å². The van der Waals surface area contributed by atoms with Crippen LogP contribution in [0, 0.1) is 16.7 Å². The minimum Gasteiger partial charge on any atom is -0.351 e. The zero-order valence-corrected chi connectivity index (χ0v) is 10.5. The van der Waals surface area contributed by atoms with Crippen molar-refractivity contribution in [2.24, 2.45) is 11.8 Å². The van der Waals surface area contributed by atoms with Crippen LogP contribution in [0.5, 0.6) is 0 Å². The largest absolute Gasteiger partial charge is 0.475 e. The number of rotatable bonds is 3. The van der Waals surface area contributed by atoms with E-state index in [1.54, 1.807) is 0 Å². The number of nitrogens with one attached hydrogen (secondary N) is 1. The van der Waals surface area contributed by atoms with Crippen LogP contribution in [0.1, 0.15) is 45.4 Å². The second-order valence-electron chi connectivity index (χ2n) is 6.43. The van der Waals surface area contributed by atoms with Gasteiger partial charge in [-0.15, -0.1) is 0 Å². The molecule has 4 saturated carbocycles. The van der Waals surface area contributed by atoms with Crippen molar-refractivity contribution in [3.63, 3.8) is 0 Å². The van der Waals surface area contributed by atoms with Gasteiger partial charge < -0.3 is 5.32 Å². The van der Waals surface area contributed by atoms with Gasteiger partial charge >= 0.3 is 5.09 Å². The minimum absolute atomic E-state index is 0.0323. The third-order valence-corrected chi connectivity index (χ3v) is 4.72. The molecule has 2 N–H and O–H groups in total. The van der Waals surface area contributed by atoms with Crippen LogP contribution >= 0.6 is 0 Å². The predicted molar refractivity (Wildman–Crippen MR) is 60.5 cm³/mol. The normalized spacial score (nSPS) is 44.7. The Morgan fingerprint density at radius 2 is 1.94 bits per heavy atom. The zero-order valence-electron chi connectivity index (χ0n) is 10.5. The summed E-state index contributed by atoms with van der Waals surface area (Å²) in [6.45, 7) is 1.53. The number of hydrogen-bond donors (Lipinski definition) is 2. The van der Waals surface area contributed by atoms with Crippen molar-refractivity contribution in [3.05, 3.63) is 4.91 Å². The smallest absolute Gasteiger partial charge is 0.351 e. The van der Waals surface area contributed by atoms with Crippen molar-refractivity contribution in [1.82, 2.24) is 5.32 Å². The summed E-state index contributed by atoms with van der Waals surface area (Å²) < 4.78 is 0. The summed E-state index contributed by atoms with van der Waals surface area (Å²) in [6, 6.07) is 0. The van der Waals surface area contributed by atoms with Crippen LogP contribution < -0.4 is 5.32 Å². The van der Waals surface area contributed by atoms with E-state index in [4.69, 9.17) is 10.0 Å². The van der Waals surface area contributed by atoms with Crippen molar-refractivity contribution in [1.29, 1.82) is 0 Å². The van der Waals surface area contributed by atoms with Gasteiger partial charge in [0.15, 0.2) is 5.60 Å². The SMILES string of the molecule is CC(=O)NC12CC3CC(C1)CC(O[N+](=O)O)(C3)C2. The van der Waals surface area contributed by atoms with Gasteiger partial charge in [0.2, 0.25) is 5.91 Å². The molecule has 4 aliphatic rings. The first-order chi connectivity index (χ1) is 8.40. The Morgan fingerprint density at radius 1 is 1.33 bits per heavy atom. The second kappa shape index (κ2) is 3.59. The molecule has 6 heteroatoms. The van der Waals surface area contributed by atoms with Crippen LogP contribution in [0.25, 0.3) is 0 Å². The standard InChI is InChI=1S/C12H18N2O4/c1-8(15)13-11-3-9-2-10(4-11)6-12(5-9,7-11)18-14(16)17/h9-10H,2-7H2,1H3,(H-,13,15,16,17)/p+1. The predicted octanol–water partition coefficient (Wildman–Crippen LogP) is 1.31. The van der Waals surface area contributed by atoms with Crippen LogP contribution in [0.4, 0.5) is 0 Å². The minimum atomic E-state index is -0.580. The highest BCUT2D eigenvalue weighted by Gasteiger charge is 2.62. The Bertz CT molecular complexity index is 361. The van der Waals surface area contributed by atoms with Gasteiger partial charge in [-0.1, -0.05) is 0 Å². The van der Waals surface area contributed by atoms with Crippen LogP contribution in [0.2, 0.25) is 0 Å². The molecule has 1 amide bonds. The lowest BCUT2D eigenvalue weighted by atomic mass is 9.51. The molecule has 6 nitrogen and oxygen atoms in total. The summed E-state index contributed by atoms with van der Waals surface area (Å²) >= 11 is 0. The van der Waals surface area contributed by atoms with E-state index in [1.807, 2.05) is 0 Å². The maximum Gasteiger partial charge on any atom is 0.475 e. The van der Waals surface area contributed by atoms with E-state index in [-0.39, 0.29) is 11.4 Å². The van der Waals surface area contributed by atoms with Gasteiger partial charge in [0.05, 0.1) is 0 Å². The Balaban J connectivity index is 1.87. The Labute approximate surface area is 105 Å². The fraction of sp³-hybridized carbons (Fsp3) is 0.917.